The van der Waals surface area contributed by atoms with E-state index in [1.165, 1.54) is 11.1 Å². The minimum Gasteiger partial charge on any atom is -0.491 e. The Labute approximate surface area is 470 Å². The van der Waals surface area contributed by atoms with Gasteiger partial charge >= 0.3 is 5.97 Å². The molecule has 0 saturated carbocycles. The van der Waals surface area contributed by atoms with Crippen molar-refractivity contribution in [2.24, 2.45) is 0 Å². The predicted octanol–water partition coefficient (Wildman–Crippen LogP) is 5.53. The lowest BCUT2D eigenvalue weighted by atomic mass is 9.89. The van der Waals surface area contributed by atoms with Gasteiger partial charge in [-0.25, -0.2) is 9.37 Å². The van der Waals surface area contributed by atoms with Gasteiger partial charge in [0.25, 0.3) is 0 Å². The van der Waals surface area contributed by atoms with Gasteiger partial charge in [0.15, 0.2) is 0 Å². The van der Waals surface area contributed by atoms with E-state index in [0.717, 1.165) is 194 Å². The van der Waals surface area contributed by atoms with Gasteiger partial charge < -0.3 is 60.5 Å². The van der Waals surface area contributed by atoms with E-state index in [9.17, 15) is 9.90 Å². The molecule has 0 aromatic heterocycles. The molecule has 0 radical (unpaired) electrons. The number of rotatable bonds is 24. The van der Waals surface area contributed by atoms with Crippen molar-refractivity contribution in [3.63, 3.8) is 0 Å². The first kappa shape index (κ1) is 60.7. The molecule has 78 heavy (non-hydrogen) atoms. The highest BCUT2D eigenvalue weighted by atomic mass is 32.1. The zero-order valence-electron chi connectivity index (χ0n) is 47.3. The van der Waals surface area contributed by atoms with Crippen LogP contribution in [-0.2, 0) is 29.0 Å². The fraction of sp³-hybridized carbons (Fsp3) is 0.557. The third-order valence-electron chi connectivity index (χ3n) is 14.7. The number of aromatic carboxylic acids is 1. The van der Waals surface area contributed by atoms with Crippen LogP contribution in [0.1, 0.15) is 67.6 Å². The second-order valence-electron chi connectivity index (χ2n) is 20.3. The van der Waals surface area contributed by atoms with Crippen molar-refractivity contribution in [2.45, 2.75) is 60.0 Å². The molecule has 7 N–H and O–H groups in total. The van der Waals surface area contributed by atoms with E-state index in [1.54, 1.807) is 6.07 Å². The van der Waals surface area contributed by atoms with Crippen LogP contribution in [0.15, 0.2) is 77.2 Å². The lowest BCUT2D eigenvalue weighted by Gasteiger charge is -2.26. The van der Waals surface area contributed by atoms with E-state index in [4.69, 9.17) is 30.8 Å². The van der Waals surface area contributed by atoms with Crippen LogP contribution in [0.25, 0.3) is 33.4 Å². The summed E-state index contributed by atoms with van der Waals surface area (Å²) in [5, 5.41) is 34.0. The molecular weight excluding hydrogens is 1000 g/mol. The number of thiocarbonyl (C=S) groups is 1. The summed E-state index contributed by atoms with van der Waals surface area (Å²) < 4.78 is 27.3. The second kappa shape index (κ2) is 33.6. The highest BCUT2D eigenvalue weighted by molar-refractivity contribution is 7.80. The maximum Gasteiger partial charge on any atom is 0.336 e. The molecule has 2 fully saturated rings. The van der Waals surface area contributed by atoms with Gasteiger partial charge in [0.05, 0.1) is 31.5 Å². The summed E-state index contributed by atoms with van der Waals surface area (Å²) in [5.74, 6) is 0.615. The maximum atomic E-state index is 13.1. The molecule has 17 heteroatoms. The van der Waals surface area contributed by atoms with Gasteiger partial charge in [0, 0.05) is 178 Å². The molecule has 0 spiro atoms. The number of fused-ring (bicyclic) bond motifs is 2. The summed E-state index contributed by atoms with van der Waals surface area (Å²) in [4.78, 5) is 21.3. The zero-order chi connectivity index (χ0) is 54.7. The van der Waals surface area contributed by atoms with Crippen LogP contribution in [0.5, 0.6) is 5.75 Å². The quantitative estimate of drug-likeness (QED) is 0.0179. The van der Waals surface area contributed by atoms with Crippen LogP contribution >= 0.6 is 12.2 Å². The van der Waals surface area contributed by atoms with Crippen LogP contribution in [0, 0.1) is 0 Å². The molecule has 0 amide bonds. The monoisotopic (exact) mass is 1090 g/mol. The minimum absolute atomic E-state index is 0.240. The molecule has 7 rings (SSSR count). The topological polar surface area (TPSA) is 163 Å². The SMILES string of the molecule is CCN(CC)c1ccc2c(-c3ccc(CC(=S)CCCOCCOCCOc4cc(CN5CCNCCNCCNCC5)cc(CN5CCNCCNCCNCC5)c4)cc3C(=O)O)c3ccc(=[N+](CC)CC)cc-3oc2c1. The van der Waals surface area contributed by atoms with Crippen molar-refractivity contribution >= 4 is 39.7 Å². The van der Waals surface area contributed by atoms with Crippen LogP contribution in [0.4, 0.5) is 5.69 Å². The number of carbonyl (C=O) groups is 1. The van der Waals surface area contributed by atoms with Crippen molar-refractivity contribution < 1.29 is 28.5 Å². The molecule has 3 heterocycles. The summed E-state index contributed by atoms with van der Waals surface area (Å²) >= 11 is 5.87. The van der Waals surface area contributed by atoms with E-state index in [1.807, 2.05) is 12.1 Å². The van der Waals surface area contributed by atoms with Gasteiger partial charge in [0.1, 0.15) is 36.8 Å². The lowest BCUT2D eigenvalue weighted by Crippen LogP contribution is -2.41. The van der Waals surface area contributed by atoms with Gasteiger partial charge in [-0.2, -0.15) is 0 Å². The Hall–Kier alpha value is -4.89. The van der Waals surface area contributed by atoms with E-state index in [-0.39, 0.29) is 5.56 Å². The first-order chi connectivity index (χ1) is 38.3. The van der Waals surface area contributed by atoms with Crippen molar-refractivity contribution in [3.8, 4) is 28.2 Å². The Balaban J connectivity index is 0.905. The normalized spacial score (nSPS) is 16.2. The van der Waals surface area contributed by atoms with Gasteiger partial charge in [-0.1, -0.05) is 30.4 Å². The molecule has 1 aliphatic carbocycles. The fourth-order valence-corrected chi connectivity index (χ4v) is 10.8. The van der Waals surface area contributed by atoms with E-state index < -0.39 is 5.97 Å². The van der Waals surface area contributed by atoms with Gasteiger partial charge in [-0.3, -0.25) is 9.80 Å². The Bertz CT molecular complexity index is 2580. The Morgan fingerprint density at radius 2 is 1.18 bits per heavy atom. The third-order valence-corrected chi connectivity index (χ3v) is 15.1. The number of anilines is 1. The van der Waals surface area contributed by atoms with Crippen LogP contribution in [-0.4, -0.2) is 190 Å². The second-order valence-corrected chi connectivity index (χ2v) is 20.9. The largest absolute Gasteiger partial charge is 0.491 e. The number of benzene rings is 4. The van der Waals surface area contributed by atoms with Crippen LogP contribution < -0.4 is 51.5 Å². The van der Waals surface area contributed by atoms with Gasteiger partial charge in [-0.05, 0) is 104 Å². The summed E-state index contributed by atoms with van der Waals surface area (Å²) in [5.41, 5.74) is 7.80. The summed E-state index contributed by atoms with van der Waals surface area (Å²) in [6.45, 7) is 31.7. The van der Waals surface area contributed by atoms with Gasteiger partial charge in [0.2, 0.25) is 5.36 Å². The summed E-state index contributed by atoms with van der Waals surface area (Å²) in [7, 11) is 0. The molecule has 16 nitrogen and oxygen atoms in total. The molecule has 3 aromatic carbocycles. The number of hydrogen-bond acceptors (Lipinski definition) is 15. The fourth-order valence-electron chi connectivity index (χ4n) is 10.5. The zero-order valence-corrected chi connectivity index (χ0v) is 48.1. The van der Waals surface area contributed by atoms with E-state index >= 15 is 0 Å². The number of nitrogens with zero attached hydrogens (tertiary/aromatic N) is 4. The average Bonchev–Trinajstić information content (AvgIpc) is 3.47. The summed E-state index contributed by atoms with van der Waals surface area (Å²) in [6.07, 6.45) is 1.97. The number of carboxylic acid groups (broad SMARTS) is 1. The number of nitrogens with one attached hydrogen (secondary N) is 6. The molecule has 426 valence electrons. The third kappa shape index (κ3) is 19.1. The first-order valence-corrected chi connectivity index (χ1v) is 29.5. The molecule has 0 atom stereocenters. The number of hydrogen-bond donors (Lipinski definition) is 7. The molecule has 3 aromatic rings. The highest BCUT2D eigenvalue weighted by Gasteiger charge is 2.24. The molecule has 3 aliphatic heterocycles. The maximum absolute atomic E-state index is 13.1. The van der Waals surface area contributed by atoms with Crippen molar-refractivity contribution in [1.82, 2.24) is 46.3 Å². The number of ether oxygens (including phenoxy) is 3. The van der Waals surface area contributed by atoms with Crippen molar-refractivity contribution in [1.29, 1.82) is 0 Å². The Morgan fingerprint density at radius 1 is 0.628 bits per heavy atom. The first-order valence-electron chi connectivity index (χ1n) is 29.1. The Kier molecular flexibility index (Phi) is 26.2. The predicted molar refractivity (Wildman–Crippen MR) is 322 cm³/mol. The van der Waals surface area contributed by atoms with E-state index in [2.05, 4.69) is 133 Å². The van der Waals surface area contributed by atoms with E-state index in [0.29, 0.717) is 62.8 Å². The standard InChI is InChI=1S/C61H90N10O6S/c1-5-70(6-2)50-12-15-55-58(43-50)77-59-44-51(71(7-3)8-4)13-16-56(59)60(55)54-14-11-47(42-57(54)61(72)73)41-53(78)10-9-33-74-34-35-75-36-37-76-52-39-48(45-68-29-25-64-21-17-62-18-22-65-26-30-68)38-49(40-52)46-69-31-27-66-23-19-63-20-24-67-28-32-69/h11-16,38-40,42-44,62-67H,5-10,17-37,41,45-46H2,1-4H3/p+1. The minimum atomic E-state index is -0.982. The molecule has 4 aliphatic rings. The van der Waals surface area contributed by atoms with Gasteiger partial charge in [-0.15, -0.1) is 0 Å². The highest BCUT2D eigenvalue weighted by Crippen LogP contribution is 2.42. The Morgan fingerprint density at radius 3 is 1.74 bits per heavy atom. The number of carboxylic acids is 1. The van der Waals surface area contributed by atoms with Crippen molar-refractivity contribution in [2.75, 3.05) is 169 Å². The molecule has 0 unspecified atom stereocenters. The smallest absolute Gasteiger partial charge is 0.336 e. The molecule has 0 bridgehead atoms. The van der Waals surface area contributed by atoms with Crippen molar-refractivity contribution in [3.05, 3.63) is 100 Å². The van der Waals surface area contributed by atoms with Crippen LogP contribution in [0.2, 0.25) is 0 Å². The molecule has 2 saturated heterocycles. The molecular formula is C61H91N10O6S+. The lowest BCUT2D eigenvalue weighted by molar-refractivity contribution is 0.0360. The van der Waals surface area contributed by atoms with Crippen LogP contribution in [0.3, 0.4) is 0 Å². The summed E-state index contributed by atoms with van der Waals surface area (Å²) in [6, 6.07) is 25.0. The average molecular weight is 1090 g/mol.